The van der Waals surface area contributed by atoms with Crippen molar-refractivity contribution in [3.63, 3.8) is 0 Å². The monoisotopic (exact) mass is 227 g/mol. The average molecular weight is 227 g/mol. The Morgan fingerprint density at radius 3 is 2.56 bits per heavy atom. The third kappa shape index (κ3) is 2.47. The summed E-state index contributed by atoms with van der Waals surface area (Å²) in [5, 5.41) is 12.3. The van der Waals surface area contributed by atoms with Crippen molar-refractivity contribution in [3.05, 3.63) is 0 Å². The molecule has 2 rings (SSSR count). The minimum atomic E-state index is -0.781. The lowest BCUT2D eigenvalue weighted by atomic mass is 10.0. The smallest absolute Gasteiger partial charge is 0.407 e. The molecule has 2 aliphatic rings. The van der Waals surface area contributed by atoms with Gasteiger partial charge in [-0.3, -0.25) is 4.90 Å². The van der Waals surface area contributed by atoms with Gasteiger partial charge in [-0.2, -0.15) is 0 Å². The summed E-state index contributed by atoms with van der Waals surface area (Å²) in [5.74, 6) is 0. The molecule has 0 aromatic heterocycles. The van der Waals surface area contributed by atoms with Gasteiger partial charge in [0.05, 0.1) is 0 Å². The molecule has 0 aromatic carbocycles. The Morgan fingerprint density at radius 1 is 1.31 bits per heavy atom. The maximum absolute atomic E-state index is 10.9. The second kappa shape index (κ2) is 5.01. The molecule has 92 valence electrons. The van der Waals surface area contributed by atoms with Gasteiger partial charge in [-0.25, -0.2) is 4.79 Å². The lowest BCUT2D eigenvalue weighted by Crippen LogP contribution is -2.58. The number of carboxylic acid groups (broad SMARTS) is 1. The standard InChI is InChI=1S/C11H21N3O2/c1-9-8-13(11(15)16)6-7-14(9)10-2-4-12-5-3-10/h9-10,12H,2-8H2,1H3,(H,15,16)/t9-/m0/s1. The number of piperazine rings is 1. The van der Waals surface area contributed by atoms with Crippen LogP contribution >= 0.6 is 0 Å². The molecule has 2 saturated heterocycles. The number of amides is 1. The van der Waals surface area contributed by atoms with Crippen LogP contribution in [0.2, 0.25) is 0 Å². The Bertz CT molecular complexity index is 254. The van der Waals surface area contributed by atoms with Crippen molar-refractivity contribution in [2.75, 3.05) is 32.7 Å². The quantitative estimate of drug-likeness (QED) is 0.682. The lowest BCUT2D eigenvalue weighted by molar-refractivity contribution is 0.0390. The summed E-state index contributed by atoms with van der Waals surface area (Å²) in [6.45, 7) is 6.52. The first-order valence-corrected chi connectivity index (χ1v) is 6.13. The topological polar surface area (TPSA) is 55.8 Å². The van der Waals surface area contributed by atoms with Crippen LogP contribution < -0.4 is 5.32 Å². The fourth-order valence-electron chi connectivity index (χ4n) is 2.83. The number of carbonyl (C=O) groups is 1. The van der Waals surface area contributed by atoms with Gasteiger partial charge in [0.25, 0.3) is 0 Å². The fraction of sp³-hybridized carbons (Fsp3) is 0.909. The van der Waals surface area contributed by atoms with Crippen molar-refractivity contribution in [1.82, 2.24) is 15.1 Å². The first kappa shape index (κ1) is 11.7. The Labute approximate surface area is 96.4 Å². The predicted octanol–water partition coefficient (Wildman–Crippen LogP) is 0.423. The van der Waals surface area contributed by atoms with Gasteiger partial charge in [-0.05, 0) is 32.9 Å². The summed E-state index contributed by atoms with van der Waals surface area (Å²) < 4.78 is 0. The molecule has 5 heteroatoms. The maximum atomic E-state index is 10.9. The van der Waals surface area contributed by atoms with Crippen LogP contribution in [-0.4, -0.2) is 65.8 Å². The van der Waals surface area contributed by atoms with Gasteiger partial charge < -0.3 is 15.3 Å². The number of hydrogen-bond acceptors (Lipinski definition) is 3. The van der Waals surface area contributed by atoms with E-state index in [1.54, 1.807) is 0 Å². The molecule has 0 spiro atoms. The van der Waals surface area contributed by atoms with E-state index >= 15 is 0 Å². The van der Waals surface area contributed by atoms with Crippen molar-refractivity contribution in [3.8, 4) is 0 Å². The second-order valence-corrected chi connectivity index (χ2v) is 4.80. The van der Waals surface area contributed by atoms with Gasteiger partial charge in [0.15, 0.2) is 0 Å². The van der Waals surface area contributed by atoms with Crippen LogP contribution in [0.1, 0.15) is 19.8 Å². The highest BCUT2D eigenvalue weighted by molar-refractivity contribution is 5.65. The minimum absolute atomic E-state index is 0.355. The molecule has 2 fully saturated rings. The van der Waals surface area contributed by atoms with E-state index in [0.29, 0.717) is 25.2 Å². The van der Waals surface area contributed by atoms with Crippen LogP contribution in [0.4, 0.5) is 4.79 Å². The second-order valence-electron chi connectivity index (χ2n) is 4.80. The van der Waals surface area contributed by atoms with Gasteiger partial charge in [0, 0.05) is 31.7 Å². The molecular formula is C11H21N3O2. The van der Waals surface area contributed by atoms with E-state index in [1.807, 2.05) is 0 Å². The summed E-state index contributed by atoms with van der Waals surface area (Å²) in [6.07, 6.45) is 1.60. The molecule has 0 unspecified atom stereocenters. The Balaban J connectivity index is 1.90. The predicted molar refractivity (Wildman–Crippen MR) is 61.7 cm³/mol. The molecule has 0 saturated carbocycles. The van der Waals surface area contributed by atoms with Gasteiger partial charge in [0.2, 0.25) is 0 Å². The zero-order valence-corrected chi connectivity index (χ0v) is 9.85. The Kier molecular flexibility index (Phi) is 3.66. The van der Waals surface area contributed by atoms with Crippen LogP contribution in [0.25, 0.3) is 0 Å². The molecule has 2 heterocycles. The third-order valence-corrected chi connectivity index (χ3v) is 3.73. The average Bonchev–Trinajstić information content (AvgIpc) is 2.30. The zero-order chi connectivity index (χ0) is 11.5. The van der Waals surface area contributed by atoms with E-state index in [4.69, 9.17) is 5.11 Å². The number of nitrogens with one attached hydrogen (secondary N) is 1. The molecular weight excluding hydrogens is 206 g/mol. The summed E-state index contributed by atoms with van der Waals surface area (Å²) in [7, 11) is 0. The Hall–Kier alpha value is -0.810. The SMILES string of the molecule is C[C@H]1CN(C(=O)O)CCN1C1CCNCC1. The summed E-state index contributed by atoms with van der Waals surface area (Å²) >= 11 is 0. The van der Waals surface area contributed by atoms with Crippen LogP contribution in [0.15, 0.2) is 0 Å². The highest BCUT2D eigenvalue weighted by Gasteiger charge is 2.31. The lowest BCUT2D eigenvalue weighted by Gasteiger charge is -2.44. The van der Waals surface area contributed by atoms with Crippen molar-refractivity contribution in [2.45, 2.75) is 31.8 Å². The summed E-state index contributed by atoms with van der Waals surface area (Å²) in [4.78, 5) is 14.9. The minimum Gasteiger partial charge on any atom is -0.465 e. The van der Waals surface area contributed by atoms with Gasteiger partial charge in [-0.15, -0.1) is 0 Å². The van der Waals surface area contributed by atoms with E-state index in [2.05, 4.69) is 17.1 Å². The highest BCUT2D eigenvalue weighted by atomic mass is 16.4. The van der Waals surface area contributed by atoms with Crippen molar-refractivity contribution in [1.29, 1.82) is 0 Å². The maximum Gasteiger partial charge on any atom is 0.407 e. The van der Waals surface area contributed by atoms with E-state index < -0.39 is 6.09 Å². The van der Waals surface area contributed by atoms with E-state index in [-0.39, 0.29) is 0 Å². The van der Waals surface area contributed by atoms with Crippen molar-refractivity contribution in [2.24, 2.45) is 0 Å². The largest absolute Gasteiger partial charge is 0.465 e. The van der Waals surface area contributed by atoms with Gasteiger partial charge >= 0.3 is 6.09 Å². The Morgan fingerprint density at radius 2 is 2.00 bits per heavy atom. The van der Waals surface area contributed by atoms with E-state index in [1.165, 1.54) is 17.7 Å². The molecule has 0 aliphatic carbocycles. The third-order valence-electron chi connectivity index (χ3n) is 3.73. The molecule has 1 amide bonds. The number of piperidine rings is 1. The highest BCUT2D eigenvalue weighted by Crippen LogP contribution is 2.18. The van der Waals surface area contributed by atoms with Crippen LogP contribution in [0.5, 0.6) is 0 Å². The van der Waals surface area contributed by atoms with Crippen LogP contribution in [0.3, 0.4) is 0 Å². The normalized spacial score (nSPS) is 29.3. The van der Waals surface area contributed by atoms with Crippen LogP contribution in [-0.2, 0) is 0 Å². The number of hydrogen-bond donors (Lipinski definition) is 2. The zero-order valence-electron chi connectivity index (χ0n) is 9.85. The summed E-state index contributed by atoms with van der Waals surface area (Å²) in [6, 6.07) is 1.00. The van der Waals surface area contributed by atoms with Crippen molar-refractivity contribution >= 4 is 6.09 Å². The van der Waals surface area contributed by atoms with Crippen molar-refractivity contribution < 1.29 is 9.90 Å². The summed E-state index contributed by atoms with van der Waals surface area (Å²) in [5.41, 5.74) is 0. The number of nitrogens with zero attached hydrogens (tertiary/aromatic N) is 2. The molecule has 0 aromatic rings. The van der Waals surface area contributed by atoms with E-state index in [9.17, 15) is 4.79 Å². The van der Waals surface area contributed by atoms with E-state index in [0.717, 1.165) is 19.6 Å². The molecule has 16 heavy (non-hydrogen) atoms. The molecule has 0 radical (unpaired) electrons. The molecule has 2 aliphatic heterocycles. The van der Waals surface area contributed by atoms with Gasteiger partial charge in [-0.1, -0.05) is 0 Å². The molecule has 2 N–H and O–H groups in total. The van der Waals surface area contributed by atoms with Crippen LogP contribution in [0, 0.1) is 0 Å². The van der Waals surface area contributed by atoms with Gasteiger partial charge in [0.1, 0.15) is 0 Å². The first-order chi connectivity index (χ1) is 7.68. The fourth-order valence-corrected chi connectivity index (χ4v) is 2.83. The first-order valence-electron chi connectivity index (χ1n) is 6.13. The molecule has 0 bridgehead atoms. The molecule has 5 nitrogen and oxygen atoms in total. The molecule has 1 atom stereocenters. The number of rotatable bonds is 1.